The molecule has 2 amide bonds. The number of nitrogens with one attached hydrogen (secondary N) is 2. The van der Waals surface area contributed by atoms with Crippen LogP contribution < -0.4 is 29.6 Å². The monoisotopic (exact) mass is 578 g/mol. The minimum absolute atomic E-state index is 0.000501. The predicted octanol–water partition coefficient (Wildman–Crippen LogP) is 4.20. The highest BCUT2D eigenvalue weighted by molar-refractivity contribution is 6.16. The van der Waals surface area contributed by atoms with Crippen molar-refractivity contribution >= 4 is 34.1 Å². The average molecular weight is 579 g/mol. The summed E-state index contributed by atoms with van der Waals surface area (Å²) in [6.07, 6.45) is 1.88. The van der Waals surface area contributed by atoms with E-state index in [0.29, 0.717) is 35.2 Å². The van der Waals surface area contributed by atoms with E-state index in [1.54, 1.807) is 6.07 Å². The van der Waals surface area contributed by atoms with E-state index in [-0.39, 0.29) is 55.2 Å². The van der Waals surface area contributed by atoms with Gasteiger partial charge < -0.3 is 34.7 Å². The number of aliphatic hydroxyl groups is 1. The Morgan fingerprint density at radius 1 is 0.905 bits per heavy atom. The molecular weight excluding hydrogens is 554 g/mol. The lowest BCUT2D eigenvalue weighted by molar-refractivity contribution is -0.131. The number of nitrogens with zero attached hydrogens (tertiary/aromatic N) is 2. The number of benzene rings is 3. The predicted molar refractivity (Wildman–Crippen MR) is 145 cm³/mol. The molecule has 0 spiro atoms. The molecule has 2 aliphatic rings. The molecule has 3 aromatic carbocycles. The van der Waals surface area contributed by atoms with E-state index in [4.69, 9.17) is 24.1 Å². The minimum atomic E-state index is -1.30. The fourth-order valence-electron chi connectivity index (χ4n) is 4.50. The van der Waals surface area contributed by atoms with Gasteiger partial charge in [-0.1, -0.05) is 0 Å². The summed E-state index contributed by atoms with van der Waals surface area (Å²) in [6, 6.07) is 10.6. The Hall–Kier alpha value is -5.04. The van der Waals surface area contributed by atoms with Crippen molar-refractivity contribution in [2.75, 3.05) is 37.1 Å². The number of carbonyl (C=O) groups excluding carboxylic acids is 2. The summed E-state index contributed by atoms with van der Waals surface area (Å²) in [5.41, 5.74) is -0.438. The molecule has 1 aliphatic heterocycles. The molecule has 0 saturated heterocycles. The van der Waals surface area contributed by atoms with Gasteiger partial charge in [0.2, 0.25) is 23.4 Å². The molecule has 2 heterocycles. The first-order valence-corrected chi connectivity index (χ1v) is 13.0. The summed E-state index contributed by atoms with van der Waals surface area (Å²) in [6.45, 7) is 0.344. The Balaban J connectivity index is 1.20. The van der Waals surface area contributed by atoms with Crippen molar-refractivity contribution in [2.24, 2.45) is 5.41 Å². The van der Waals surface area contributed by atoms with Crippen molar-refractivity contribution in [3.8, 4) is 28.9 Å². The van der Waals surface area contributed by atoms with Gasteiger partial charge in [-0.3, -0.25) is 9.59 Å². The molecule has 3 N–H and O–H groups in total. The van der Waals surface area contributed by atoms with E-state index in [2.05, 4.69) is 20.6 Å². The van der Waals surface area contributed by atoms with Crippen LogP contribution in [0.15, 0.2) is 54.9 Å². The number of aromatic nitrogens is 2. The van der Waals surface area contributed by atoms with Gasteiger partial charge in [0, 0.05) is 23.5 Å². The number of hydrogen-bond acceptors (Lipinski definition) is 9. The van der Waals surface area contributed by atoms with Gasteiger partial charge in [0.05, 0.1) is 12.1 Å². The molecule has 0 atom stereocenters. The lowest BCUT2D eigenvalue weighted by Gasteiger charge is -2.23. The SMILES string of the molecule is O=C(Nc1ccc(F)cc1)C1(C(=O)Nc2ccc(Oc3ncnc4cc(OCCO)c5c(c34)OCCO5)c(F)c2)CC1. The quantitative estimate of drug-likeness (QED) is 0.249. The fourth-order valence-corrected chi connectivity index (χ4v) is 4.50. The fraction of sp³-hybridized carbons (Fsp3) is 0.241. The summed E-state index contributed by atoms with van der Waals surface area (Å²) in [5, 5.41) is 14.7. The second-order valence-electron chi connectivity index (χ2n) is 9.62. The van der Waals surface area contributed by atoms with Crippen molar-refractivity contribution in [2.45, 2.75) is 12.8 Å². The molecule has 6 rings (SSSR count). The first-order valence-electron chi connectivity index (χ1n) is 13.0. The zero-order valence-corrected chi connectivity index (χ0v) is 22.0. The van der Waals surface area contributed by atoms with Gasteiger partial charge in [0.25, 0.3) is 0 Å². The number of anilines is 2. The maximum atomic E-state index is 15.2. The standard InChI is InChI=1S/C29H24F2N4O7/c30-16-1-3-17(4-2-16)34-27(37)29(7-8-29)28(38)35-18-5-6-21(19(31)13-18)42-26-23-20(32-15-33-26)14-22(39-10-9-36)24-25(23)41-12-11-40-24/h1-6,13-15,36H,7-12H2,(H,34,37)(H,35,38). The van der Waals surface area contributed by atoms with Crippen LogP contribution in [0.3, 0.4) is 0 Å². The number of carbonyl (C=O) groups is 2. The lowest BCUT2D eigenvalue weighted by atomic mass is 10.0. The van der Waals surface area contributed by atoms with E-state index < -0.39 is 28.9 Å². The second-order valence-corrected chi connectivity index (χ2v) is 9.62. The Bertz CT molecular complexity index is 1680. The van der Waals surface area contributed by atoms with Crippen LogP contribution in [0, 0.1) is 17.0 Å². The maximum Gasteiger partial charge on any atom is 0.240 e. The van der Waals surface area contributed by atoms with Crippen LogP contribution in [0.1, 0.15) is 12.8 Å². The molecule has 1 fully saturated rings. The summed E-state index contributed by atoms with van der Waals surface area (Å²) in [7, 11) is 0. The number of fused-ring (bicyclic) bond motifs is 3. The molecule has 13 heteroatoms. The number of ether oxygens (including phenoxy) is 4. The van der Waals surface area contributed by atoms with Crippen LogP contribution in [0.25, 0.3) is 10.9 Å². The van der Waals surface area contributed by atoms with Crippen LogP contribution in [0.4, 0.5) is 20.2 Å². The highest BCUT2D eigenvalue weighted by Crippen LogP contribution is 2.49. The second kappa shape index (κ2) is 11.1. The van der Waals surface area contributed by atoms with E-state index in [1.165, 1.54) is 42.7 Å². The van der Waals surface area contributed by atoms with E-state index in [9.17, 15) is 14.0 Å². The normalized spacial score (nSPS) is 14.6. The summed E-state index contributed by atoms with van der Waals surface area (Å²) in [5.74, 6) is -1.67. The first-order chi connectivity index (χ1) is 20.4. The Kier molecular flexibility index (Phi) is 7.17. The summed E-state index contributed by atoms with van der Waals surface area (Å²) >= 11 is 0. The van der Waals surface area contributed by atoms with Gasteiger partial charge in [-0.25, -0.2) is 18.7 Å². The Labute approximate surface area is 237 Å². The molecule has 1 aromatic heterocycles. The number of halogens is 2. The van der Waals surface area contributed by atoms with Crippen molar-refractivity contribution in [1.29, 1.82) is 0 Å². The molecule has 0 radical (unpaired) electrons. The summed E-state index contributed by atoms with van der Waals surface area (Å²) in [4.78, 5) is 34.2. The van der Waals surface area contributed by atoms with E-state index >= 15 is 4.39 Å². The molecule has 0 bridgehead atoms. The Morgan fingerprint density at radius 2 is 1.60 bits per heavy atom. The average Bonchev–Trinajstić information content (AvgIpc) is 3.81. The largest absolute Gasteiger partial charge is 0.487 e. The third-order valence-electron chi connectivity index (χ3n) is 6.81. The molecule has 42 heavy (non-hydrogen) atoms. The van der Waals surface area contributed by atoms with Gasteiger partial charge in [-0.05, 0) is 49.2 Å². The first kappa shape index (κ1) is 27.1. The highest BCUT2D eigenvalue weighted by atomic mass is 19.1. The van der Waals surface area contributed by atoms with Crippen LogP contribution in [0.2, 0.25) is 0 Å². The molecule has 11 nitrogen and oxygen atoms in total. The van der Waals surface area contributed by atoms with Crippen molar-refractivity contribution in [3.05, 3.63) is 66.5 Å². The highest BCUT2D eigenvalue weighted by Gasteiger charge is 2.56. The number of amides is 2. The van der Waals surface area contributed by atoms with Crippen LogP contribution >= 0.6 is 0 Å². The number of hydrogen-bond donors (Lipinski definition) is 3. The zero-order chi connectivity index (χ0) is 29.3. The van der Waals surface area contributed by atoms with Crippen LogP contribution in [0.5, 0.6) is 28.9 Å². The third-order valence-corrected chi connectivity index (χ3v) is 6.81. The van der Waals surface area contributed by atoms with Gasteiger partial charge >= 0.3 is 0 Å². The molecule has 1 saturated carbocycles. The molecule has 4 aromatic rings. The van der Waals surface area contributed by atoms with Gasteiger partial charge in [0.1, 0.15) is 42.8 Å². The number of aliphatic hydroxyl groups excluding tert-OH is 1. The molecular formula is C29H24F2N4O7. The van der Waals surface area contributed by atoms with Gasteiger partial charge in [-0.2, -0.15) is 0 Å². The van der Waals surface area contributed by atoms with E-state index in [1.807, 2.05) is 0 Å². The topological polar surface area (TPSA) is 141 Å². The van der Waals surface area contributed by atoms with Crippen LogP contribution in [-0.4, -0.2) is 53.3 Å². The van der Waals surface area contributed by atoms with Crippen molar-refractivity contribution in [1.82, 2.24) is 9.97 Å². The molecule has 1 aliphatic carbocycles. The third kappa shape index (κ3) is 5.21. The summed E-state index contributed by atoms with van der Waals surface area (Å²) < 4.78 is 51.3. The van der Waals surface area contributed by atoms with E-state index in [0.717, 1.165) is 6.07 Å². The smallest absolute Gasteiger partial charge is 0.240 e. The Morgan fingerprint density at radius 3 is 2.29 bits per heavy atom. The zero-order valence-electron chi connectivity index (χ0n) is 22.0. The van der Waals surface area contributed by atoms with Crippen molar-refractivity contribution < 1.29 is 42.4 Å². The van der Waals surface area contributed by atoms with Gasteiger partial charge in [-0.15, -0.1) is 0 Å². The van der Waals surface area contributed by atoms with Crippen LogP contribution in [-0.2, 0) is 9.59 Å². The number of rotatable bonds is 9. The minimum Gasteiger partial charge on any atom is -0.487 e. The maximum absolute atomic E-state index is 15.2. The molecule has 216 valence electrons. The molecule has 0 unspecified atom stereocenters. The lowest BCUT2D eigenvalue weighted by Crippen LogP contribution is -2.35. The van der Waals surface area contributed by atoms with Gasteiger partial charge in [0.15, 0.2) is 23.1 Å². The van der Waals surface area contributed by atoms with Crippen molar-refractivity contribution in [3.63, 3.8) is 0 Å².